The molecule has 0 radical (unpaired) electrons. The van der Waals surface area contributed by atoms with E-state index in [1.165, 1.54) is 0 Å². The van der Waals surface area contributed by atoms with Crippen LogP contribution in [0.3, 0.4) is 0 Å². The van der Waals surface area contributed by atoms with E-state index in [0.717, 1.165) is 16.9 Å². The lowest BCUT2D eigenvalue weighted by molar-refractivity contribution is -0.125. The number of amides is 1. The quantitative estimate of drug-likeness (QED) is 0.733. The first kappa shape index (κ1) is 19.5. The van der Waals surface area contributed by atoms with E-state index >= 15 is 0 Å². The molecule has 1 N–H and O–H groups in total. The van der Waals surface area contributed by atoms with Gasteiger partial charge in [0.1, 0.15) is 18.1 Å². The smallest absolute Gasteiger partial charge is 0.348 e. The molecule has 1 aliphatic rings. The van der Waals surface area contributed by atoms with E-state index in [1.54, 1.807) is 12.1 Å². The van der Waals surface area contributed by atoms with Crippen molar-refractivity contribution in [3.8, 4) is 11.5 Å². The fourth-order valence-corrected chi connectivity index (χ4v) is 3.67. The van der Waals surface area contributed by atoms with Crippen molar-refractivity contribution in [3.05, 3.63) is 45.1 Å². The van der Waals surface area contributed by atoms with Crippen LogP contribution in [0.5, 0.6) is 11.5 Å². The Kier molecular flexibility index (Phi) is 6.23. The molecule has 1 aromatic heterocycles. The summed E-state index contributed by atoms with van der Waals surface area (Å²) in [5.74, 6) is 0.549. The van der Waals surface area contributed by atoms with Crippen molar-refractivity contribution in [3.63, 3.8) is 0 Å². The van der Waals surface area contributed by atoms with Gasteiger partial charge in [0.2, 0.25) is 0 Å². The Bertz CT molecular complexity index is 835. The minimum atomic E-state index is -0.567. The van der Waals surface area contributed by atoms with E-state index in [0.29, 0.717) is 33.9 Å². The number of fused-ring (bicyclic) bond motifs is 1. The molecule has 27 heavy (non-hydrogen) atoms. The number of nitrogens with one attached hydrogen (secondary N) is 1. The van der Waals surface area contributed by atoms with Crippen LogP contribution in [0, 0.1) is 5.92 Å². The summed E-state index contributed by atoms with van der Waals surface area (Å²) in [5, 5.41) is 2.92. The van der Waals surface area contributed by atoms with E-state index in [4.69, 9.17) is 25.8 Å². The van der Waals surface area contributed by atoms with Crippen molar-refractivity contribution in [2.45, 2.75) is 19.9 Å². The van der Waals surface area contributed by atoms with Crippen molar-refractivity contribution in [1.82, 2.24) is 5.32 Å². The Morgan fingerprint density at radius 3 is 2.59 bits per heavy atom. The highest BCUT2D eigenvalue weighted by Gasteiger charge is 2.22. The summed E-state index contributed by atoms with van der Waals surface area (Å²) in [6, 6.07) is 8.55. The average Bonchev–Trinajstić information content (AvgIpc) is 3.10. The van der Waals surface area contributed by atoms with Crippen LogP contribution >= 0.6 is 22.9 Å². The zero-order chi connectivity index (χ0) is 19.4. The molecule has 0 saturated carbocycles. The first-order valence-corrected chi connectivity index (χ1v) is 9.75. The third-order valence-electron chi connectivity index (χ3n) is 4.02. The topological polar surface area (TPSA) is 73.9 Å². The largest absolute Gasteiger partial charge is 0.486 e. The van der Waals surface area contributed by atoms with Crippen molar-refractivity contribution in [2.24, 2.45) is 5.92 Å². The first-order chi connectivity index (χ1) is 12.9. The first-order valence-electron chi connectivity index (χ1n) is 8.55. The molecule has 1 aliphatic heterocycles. The van der Waals surface area contributed by atoms with Gasteiger partial charge in [-0.05, 0) is 35.7 Å². The molecular formula is C19H20ClNO5S. The zero-order valence-corrected chi connectivity index (χ0v) is 16.6. The van der Waals surface area contributed by atoms with Crippen LogP contribution in [0.25, 0.3) is 0 Å². The van der Waals surface area contributed by atoms with Crippen LogP contribution in [0.1, 0.15) is 35.1 Å². The second kappa shape index (κ2) is 8.63. The van der Waals surface area contributed by atoms with Crippen LogP contribution in [-0.4, -0.2) is 31.7 Å². The summed E-state index contributed by atoms with van der Waals surface area (Å²) in [6.07, 6.45) is 0. The molecule has 8 heteroatoms. The fraction of sp³-hybridized carbons (Fsp3) is 0.368. The summed E-state index contributed by atoms with van der Waals surface area (Å²) >= 11 is 6.91. The highest BCUT2D eigenvalue weighted by atomic mass is 35.5. The monoisotopic (exact) mass is 409 g/mol. The minimum Gasteiger partial charge on any atom is -0.486 e. The zero-order valence-electron chi connectivity index (χ0n) is 15.0. The lowest BCUT2D eigenvalue weighted by Gasteiger charge is -2.25. The molecule has 1 aromatic carbocycles. The van der Waals surface area contributed by atoms with E-state index in [9.17, 15) is 9.59 Å². The molecule has 3 rings (SSSR count). The van der Waals surface area contributed by atoms with Crippen molar-refractivity contribution in [1.29, 1.82) is 0 Å². The van der Waals surface area contributed by atoms with Gasteiger partial charge >= 0.3 is 5.97 Å². The number of carbonyl (C=O) groups is 2. The maximum absolute atomic E-state index is 12.3. The van der Waals surface area contributed by atoms with Gasteiger partial charge in [0.15, 0.2) is 18.1 Å². The molecule has 1 atom stereocenters. The van der Waals surface area contributed by atoms with Gasteiger partial charge in [-0.3, -0.25) is 4.79 Å². The van der Waals surface area contributed by atoms with Crippen molar-refractivity contribution in [2.75, 3.05) is 19.8 Å². The SMILES string of the molecule is CC(C)[C@H](NC(=O)COC(=O)c1ccc(Cl)s1)c1ccc2c(c1)OCCO2. The number of thiophene rings is 1. The van der Waals surface area contributed by atoms with Crippen molar-refractivity contribution >= 4 is 34.8 Å². The predicted octanol–water partition coefficient (Wildman–Crippen LogP) is 3.84. The van der Waals surface area contributed by atoms with Crippen LogP contribution in [0.4, 0.5) is 0 Å². The molecule has 2 heterocycles. The highest BCUT2D eigenvalue weighted by molar-refractivity contribution is 7.17. The maximum atomic E-state index is 12.3. The summed E-state index contributed by atoms with van der Waals surface area (Å²) in [7, 11) is 0. The summed E-state index contributed by atoms with van der Waals surface area (Å²) in [5.41, 5.74) is 0.902. The number of carbonyl (C=O) groups excluding carboxylic acids is 2. The summed E-state index contributed by atoms with van der Waals surface area (Å²) < 4.78 is 16.7. The molecule has 144 valence electrons. The Balaban J connectivity index is 1.62. The summed E-state index contributed by atoms with van der Waals surface area (Å²) in [6.45, 7) is 4.67. The Hall–Kier alpha value is -2.25. The molecule has 0 saturated heterocycles. The molecule has 0 unspecified atom stereocenters. The van der Waals surface area contributed by atoms with Gasteiger partial charge in [-0.2, -0.15) is 0 Å². The van der Waals surface area contributed by atoms with Crippen molar-refractivity contribution < 1.29 is 23.8 Å². The number of halogens is 1. The second-order valence-corrected chi connectivity index (χ2v) is 8.09. The van der Waals surface area contributed by atoms with E-state index in [2.05, 4.69) is 5.32 Å². The molecule has 0 fully saturated rings. The molecule has 6 nitrogen and oxygen atoms in total. The highest BCUT2D eigenvalue weighted by Crippen LogP contribution is 2.34. The molecule has 1 amide bonds. The van der Waals surface area contributed by atoms with Gasteiger partial charge in [-0.15, -0.1) is 11.3 Å². The number of esters is 1. The van der Waals surface area contributed by atoms with Gasteiger partial charge in [0.25, 0.3) is 5.91 Å². The number of rotatable bonds is 6. The van der Waals surface area contributed by atoms with Gasteiger partial charge in [-0.1, -0.05) is 31.5 Å². The standard InChI is InChI=1S/C19H20ClNO5S/c1-11(2)18(12-3-4-13-14(9-12)25-8-7-24-13)21-17(22)10-26-19(23)15-5-6-16(20)27-15/h3-6,9,11,18H,7-8,10H2,1-2H3,(H,21,22)/t18-/m0/s1. The van der Waals surface area contributed by atoms with Gasteiger partial charge in [-0.25, -0.2) is 4.79 Å². The number of hydrogen-bond acceptors (Lipinski definition) is 6. The fourth-order valence-electron chi connectivity index (χ4n) is 2.73. The Labute approximate surface area is 166 Å². The van der Waals surface area contributed by atoms with Crippen LogP contribution in [0.2, 0.25) is 4.34 Å². The lowest BCUT2D eigenvalue weighted by Crippen LogP contribution is -2.35. The van der Waals surface area contributed by atoms with Gasteiger partial charge in [0.05, 0.1) is 10.4 Å². The number of hydrogen-bond donors (Lipinski definition) is 1. The van der Waals surface area contributed by atoms with E-state index < -0.39 is 5.97 Å². The van der Waals surface area contributed by atoms with E-state index in [-0.39, 0.29) is 24.5 Å². The third-order valence-corrected chi connectivity index (χ3v) is 5.23. The Morgan fingerprint density at radius 2 is 1.93 bits per heavy atom. The predicted molar refractivity (Wildman–Crippen MR) is 103 cm³/mol. The minimum absolute atomic E-state index is 0.128. The maximum Gasteiger partial charge on any atom is 0.348 e. The molecular weight excluding hydrogens is 390 g/mol. The molecule has 2 aromatic rings. The third kappa shape index (κ3) is 4.93. The van der Waals surface area contributed by atoms with Crippen LogP contribution in [0.15, 0.2) is 30.3 Å². The van der Waals surface area contributed by atoms with Crippen LogP contribution in [-0.2, 0) is 9.53 Å². The Morgan fingerprint density at radius 1 is 1.19 bits per heavy atom. The number of benzene rings is 1. The van der Waals surface area contributed by atoms with Crippen LogP contribution < -0.4 is 14.8 Å². The molecule has 0 aliphatic carbocycles. The van der Waals surface area contributed by atoms with E-state index in [1.807, 2.05) is 32.0 Å². The normalized spacial score (nSPS) is 13.9. The summed E-state index contributed by atoms with van der Waals surface area (Å²) in [4.78, 5) is 24.6. The molecule has 0 bridgehead atoms. The number of ether oxygens (including phenoxy) is 3. The second-order valence-electron chi connectivity index (χ2n) is 6.37. The molecule has 0 spiro atoms. The average molecular weight is 410 g/mol. The van der Waals surface area contributed by atoms with Gasteiger partial charge < -0.3 is 19.5 Å². The van der Waals surface area contributed by atoms with Gasteiger partial charge in [0, 0.05) is 0 Å². The lowest BCUT2D eigenvalue weighted by atomic mass is 9.95.